The Kier molecular flexibility index (Phi) is 5.92. The minimum absolute atomic E-state index is 0.340. The lowest BCUT2D eigenvalue weighted by Crippen LogP contribution is -2.44. The largest absolute Gasteiger partial charge is 0.313 e. The predicted molar refractivity (Wildman–Crippen MR) is 82.7 cm³/mol. The Balaban J connectivity index is 2.04. The number of hydrogen-bond acceptors (Lipinski definition) is 4. The molecule has 2 heterocycles. The summed E-state index contributed by atoms with van der Waals surface area (Å²) < 4.78 is 0. The van der Waals surface area contributed by atoms with Crippen molar-refractivity contribution in [1.29, 1.82) is 0 Å². The molecule has 4 heteroatoms. The molecule has 0 amide bonds. The number of nitrogens with one attached hydrogen (secondary N) is 1. The van der Waals surface area contributed by atoms with E-state index >= 15 is 0 Å². The molecule has 0 bridgehead atoms. The molecule has 1 aliphatic rings. The van der Waals surface area contributed by atoms with Crippen LogP contribution in [0.1, 0.15) is 57.0 Å². The number of nitrogens with zero attached hydrogens (tertiary/aromatic N) is 3. The van der Waals surface area contributed by atoms with Gasteiger partial charge in [0, 0.05) is 25.0 Å². The first kappa shape index (κ1) is 15.4. The fourth-order valence-electron chi connectivity index (χ4n) is 3.09. The molecule has 1 aromatic rings. The Bertz CT molecular complexity index is 401. The molecule has 4 nitrogen and oxygen atoms in total. The van der Waals surface area contributed by atoms with Crippen molar-refractivity contribution >= 4 is 0 Å². The maximum Gasteiger partial charge on any atom is 0.0784 e. The van der Waals surface area contributed by atoms with E-state index in [-0.39, 0.29) is 0 Å². The first-order chi connectivity index (χ1) is 9.72. The first-order valence-corrected chi connectivity index (χ1v) is 7.97. The zero-order valence-electron chi connectivity index (χ0n) is 13.1. The normalized spacial score (nSPS) is 21.1. The second kappa shape index (κ2) is 7.70. The van der Waals surface area contributed by atoms with Crippen molar-refractivity contribution in [3.63, 3.8) is 0 Å². The van der Waals surface area contributed by atoms with Gasteiger partial charge in [0.15, 0.2) is 0 Å². The van der Waals surface area contributed by atoms with Gasteiger partial charge in [-0.1, -0.05) is 13.3 Å². The lowest BCUT2D eigenvalue weighted by molar-refractivity contribution is 0.172. The third-order valence-electron chi connectivity index (χ3n) is 4.24. The van der Waals surface area contributed by atoms with Crippen molar-refractivity contribution < 1.29 is 0 Å². The van der Waals surface area contributed by atoms with Crippen molar-refractivity contribution in [2.24, 2.45) is 0 Å². The van der Waals surface area contributed by atoms with Crippen molar-refractivity contribution in [2.45, 2.75) is 58.5 Å². The van der Waals surface area contributed by atoms with Gasteiger partial charge in [-0.25, -0.2) is 0 Å². The van der Waals surface area contributed by atoms with Gasteiger partial charge in [-0.15, -0.1) is 0 Å². The van der Waals surface area contributed by atoms with Crippen LogP contribution in [-0.2, 0) is 0 Å². The lowest BCUT2D eigenvalue weighted by Gasteiger charge is -2.34. The summed E-state index contributed by atoms with van der Waals surface area (Å²) in [4.78, 5) is 11.5. The van der Waals surface area contributed by atoms with E-state index in [2.05, 4.69) is 41.0 Å². The number of aromatic nitrogens is 2. The lowest BCUT2D eigenvalue weighted by atomic mass is 10.0. The fourth-order valence-corrected chi connectivity index (χ4v) is 3.09. The van der Waals surface area contributed by atoms with Crippen LogP contribution in [-0.4, -0.2) is 40.5 Å². The minimum atomic E-state index is 0.340. The van der Waals surface area contributed by atoms with E-state index in [9.17, 15) is 0 Å². The molecule has 1 aliphatic heterocycles. The number of piperidine rings is 1. The van der Waals surface area contributed by atoms with E-state index in [1.54, 1.807) is 6.20 Å². The van der Waals surface area contributed by atoms with Gasteiger partial charge in [0.05, 0.1) is 17.4 Å². The van der Waals surface area contributed by atoms with Crippen LogP contribution < -0.4 is 5.32 Å². The van der Waals surface area contributed by atoms with Gasteiger partial charge in [-0.2, -0.15) is 0 Å². The maximum atomic E-state index is 4.55. The van der Waals surface area contributed by atoms with Crippen LogP contribution in [0.5, 0.6) is 0 Å². The quantitative estimate of drug-likeness (QED) is 0.867. The summed E-state index contributed by atoms with van der Waals surface area (Å²) in [6.07, 6.45) is 8.74. The summed E-state index contributed by atoms with van der Waals surface area (Å²) in [6, 6.07) is 0.974. The van der Waals surface area contributed by atoms with Crippen LogP contribution in [0.4, 0.5) is 0 Å². The average molecular weight is 276 g/mol. The third-order valence-corrected chi connectivity index (χ3v) is 4.24. The fraction of sp³-hybridized carbons (Fsp3) is 0.750. The van der Waals surface area contributed by atoms with E-state index in [0.717, 1.165) is 24.5 Å². The molecule has 1 N–H and O–H groups in total. The molecule has 0 radical (unpaired) electrons. The van der Waals surface area contributed by atoms with Crippen molar-refractivity contribution in [3.05, 3.63) is 23.8 Å². The molecular formula is C16H28N4. The molecule has 2 unspecified atom stereocenters. The Morgan fingerprint density at radius 3 is 2.80 bits per heavy atom. The van der Waals surface area contributed by atoms with E-state index in [1.807, 2.05) is 6.20 Å². The van der Waals surface area contributed by atoms with Gasteiger partial charge < -0.3 is 5.32 Å². The Hall–Kier alpha value is -1.00. The Morgan fingerprint density at radius 1 is 1.35 bits per heavy atom. The highest BCUT2D eigenvalue weighted by Crippen LogP contribution is 2.22. The number of hydrogen-bond donors (Lipinski definition) is 1. The summed E-state index contributed by atoms with van der Waals surface area (Å²) in [5, 5.41) is 3.65. The third kappa shape index (κ3) is 4.00. The second-order valence-corrected chi connectivity index (χ2v) is 5.84. The van der Waals surface area contributed by atoms with Gasteiger partial charge in [0.1, 0.15) is 0 Å². The van der Waals surface area contributed by atoms with Gasteiger partial charge in [-0.05, 0) is 46.2 Å². The molecule has 0 aromatic carbocycles. The van der Waals surface area contributed by atoms with Gasteiger partial charge in [0.25, 0.3) is 0 Å². The van der Waals surface area contributed by atoms with Crippen molar-refractivity contribution in [1.82, 2.24) is 20.2 Å². The smallest absolute Gasteiger partial charge is 0.0784 e. The molecule has 1 saturated heterocycles. The Morgan fingerprint density at radius 2 is 2.15 bits per heavy atom. The average Bonchev–Trinajstić information content (AvgIpc) is 2.48. The molecule has 112 valence electrons. The SMILES string of the molecule is CCCN(CC1CCCCN1)C(C)c1nccnc1C. The van der Waals surface area contributed by atoms with Crippen LogP contribution in [0, 0.1) is 6.92 Å². The highest BCUT2D eigenvalue weighted by Gasteiger charge is 2.22. The van der Waals surface area contributed by atoms with E-state index in [4.69, 9.17) is 0 Å². The van der Waals surface area contributed by atoms with Gasteiger partial charge in [-0.3, -0.25) is 14.9 Å². The summed E-state index contributed by atoms with van der Waals surface area (Å²) in [6.45, 7) is 9.97. The molecule has 20 heavy (non-hydrogen) atoms. The van der Waals surface area contributed by atoms with Crippen LogP contribution in [0.3, 0.4) is 0 Å². The van der Waals surface area contributed by atoms with Crippen LogP contribution in [0.15, 0.2) is 12.4 Å². The minimum Gasteiger partial charge on any atom is -0.313 e. The zero-order chi connectivity index (χ0) is 14.4. The molecular weight excluding hydrogens is 248 g/mol. The summed E-state index contributed by atoms with van der Waals surface area (Å²) in [5.74, 6) is 0. The molecule has 1 fully saturated rings. The zero-order valence-corrected chi connectivity index (χ0v) is 13.1. The maximum absolute atomic E-state index is 4.55. The first-order valence-electron chi connectivity index (χ1n) is 7.97. The second-order valence-electron chi connectivity index (χ2n) is 5.84. The summed E-state index contributed by atoms with van der Waals surface area (Å²) >= 11 is 0. The number of aryl methyl sites for hydroxylation is 1. The molecule has 0 spiro atoms. The summed E-state index contributed by atoms with van der Waals surface area (Å²) in [5.41, 5.74) is 2.18. The summed E-state index contributed by atoms with van der Waals surface area (Å²) in [7, 11) is 0. The topological polar surface area (TPSA) is 41.0 Å². The molecule has 1 aromatic heterocycles. The van der Waals surface area contributed by atoms with Gasteiger partial charge >= 0.3 is 0 Å². The van der Waals surface area contributed by atoms with E-state index < -0.39 is 0 Å². The van der Waals surface area contributed by atoms with Gasteiger partial charge in [0.2, 0.25) is 0 Å². The van der Waals surface area contributed by atoms with Crippen LogP contribution in [0.25, 0.3) is 0 Å². The Labute approximate surface area is 123 Å². The standard InChI is InChI=1S/C16H28N4/c1-4-11-20(12-15-7-5-6-8-18-15)14(3)16-13(2)17-9-10-19-16/h9-10,14-15,18H,4-8,11-12H2,1-3H3. The highest BCUT2D eigenvalue weighted by molar-refractivity contribution is 5.12. The van der Waals surface area contributed by atoms with Crippen molar-refractivity contribution in [2.75, 3.05) is 19.6 Å². The van der Waals surface area contributed by atoms with E-state index in [1.165, 1.54) is 32.2 Å². The number of rotatable bonds is 6. The van der Waals surface area contributed by atoms with Crippen molar-refractivity contribution in [3.8, 4) is 0 Å². The molecule has 0 saturated carbocycles. The highest BCUT2D eigenvalue weighted by atomic mass is 15.2. The van der Waals surface area contributed by atoms with E-state index in [0.29, 0.717) is 12.1 Å². The predicted octanol–water partition coefficient (Wildman–Crippen LogP) is 2.70. The van der Waals surface area contributed by atoms with Crippen LogP contribution in [0.2, 0.25) is 0 Å². The monoisotopic (exact) mass is 276 g/mol. The molecule has 2 atom stereocenters. The molecule has 2 rings (SSSR count). The van der Waals surface area contributed by atoms with Crippen LogP contribution >= 0.6 is 0 Å². The molecule has 0 aliphatic carbocycles.